The monoisotopic (exact) mass is 291 g/mol. The van der Waals surface area contributed by atoms with Gasteiger partial charge in [0.15, 0.2) is 0 Å². The minimum absolute atomic E-state index is 0.0132. The number of aryl methyl sites for hydroxylation is 1. The summed E-state index contributed by atoms with van der Waals surface area (Å²) in [6, 6.07) is 6.24. The fourth-order valence-electron chi connectivity index (χ4n) is 1.17. The first-order chi connectivity index (χ1) is 6.15. The van der Waals surface area contributed by atoms with Gasteiger partial charge in [-0.3, -0.25) is 0 Å². The molecule has 1 aromatic carbocycles. The molecule has 0 aliphatic carbocycles. The van der Waals surface area contributed by atoms with Crippen LogP contribution in [0.4, 0.5) is 0 Å². The Morgan fingerprint density at radius 2 is 2.23 bits per heavy atom. The summed E-state index contributed by atoms with van der Waals surface area (Å²) in [5.74, 6) is 0. The van der Waals surface area contributed by atoms with Gasteiger partial charge in [0.05, 0.1) is 12.6 Å². The lowest BCUT2D eigenvalue weighted by molar-refractivity contribution is 0.181. The van der Waals surface area contributed by atoms with Crippen molar-refractivity contribution >= 4 is 22.6 Å². The van der Waals surface area contributed by atoms with Crippen molar-refractivity contribution in [3.63, 3.8) is 0 Å². The minimum atomic E-state index is -0.0132. The summed E-state index contributed by atoms with van der Waals surface area (Å²) >= 11 is 2.31. The smallest absolute Gasteiger partial charge is 0.0655 e. The normalized spacial score (nSPS) is 12.9. The molecule has 1 unspecified atom stereocenters. The van der Waals surface area contributed by atoms with Crippen molar-refractivity contribution in [3.05, 3.63) is 32.9 Å². The van der Waals surface area contributed by atoms with Crippen LogP contribution in [0.15, 0.2) is 18.2 Å². The first-order valence-corrected chi connectivity index (χ1v) is 5.23. The average Bonchev–Trinajstić information content (AvgIpc) is 2.10. The molecule has 0 radical (unpaired) electrons. The Kier molecular flexibility index (Phi) is 4.15. The third-order valence-electron chi connectivity index (χ3n) is 1.96. The van der Waals surface area contributed by atoms with Gasteiger partial charge in [-0.05, 0) is 46.7 Å². The van der Waals surface area contributed by atoms with Gasteiger partial charge in [0.2, 0.25) is 0 Å². The van der Waals surface area contributed by atoms with E-state index in [4.69, 9.17) is 10.5 Å². The molecule has 2 nitrogen and oxygen atoms in total. The first-order valence-electron chi connectivity index (χ1n) is 4.15. The molecule has 0 saturated carbocycles. The van der Waals surface area contributed by atoms with Gasteiger partial charge in [-0.25, -0.2) is 0 Å². The Morgan fingerprint density at radius 3 is 2.77 bits per heavy atom. The standard InChI is InChI=1S/C10H14INO/c1-7-5-8(3-4-9(7)11)10(12)6-13-2/h3-5,10H,6,12H2,1-2H3. The fraction of sp³-hybridized carbons (Fsp3) is 0.400. The molecule has 0 aromatic heterocycles. The Bertz CT molecular complexity index is 288. The predicted octanol–water partition coefficient (Wildman–Crippen LogP) is 2.25. The van der Waals surface area contributed by atoms with Crippen LogP contribution in [-0.4, -0.2) is 13.7 Å². The zero-order valence-electron chi connectivity index (χ0n) is 7.88. The second-order valence-corrected chi connectivity index (χ2v) is 4.23. The van der Waals surface area contributed by atoms with E-state index in [1.807, 2.05) is 0 Å². The molecule has 0 bridgehead atoms. The molecule has 2 N–H and O–H groups in total. The van der Waals surface area contributed by atoms with Gasteiger partial charge in [0.25, 0.3) is 0 Å². The van der Waals surface area contributed by atoms with E-state index >= 15 is 0 Å². The number of methoxy groups -OCH3 is 1. The molecule has 0 spiro atoms. The number of nitrogens with two attached hydrogens (primary N) is 1. The maximum atomic E-state index is 5.90. The molecule has 13 heavy (non-hydrogen) atoms. The van der Waals surface area contributed by atoms with Crippen molar-refractivity contribution in [2.45, 2.75) is 13.0 Å². The van der Waals surface area contributed by atoms with Gasteiger partial charge in [-0.15, -0.1) is 0 Å². The summed E-state index contributed by atoms with van der Waals surface area (Å²) in [4.78, 5) is 0. The Balaban J connectivity index is 2.84. The van der Waals surface area contributed by atoms with Crippen LogP contribution in [-0.2, 0) is 4.74 Å². The van der Waals surface area contributed by atoms with Crippen LogP contribution in [0.5, 0.6) is 0 Å². The highest BCUT2D eigenvalue weighted by Crippen LogP contribution is 2.17. The van der Waals surface area contributed by atoms with Crippen molar-refractivity contribution in [3.8, 4) is 0 Å². The van der Waals surface area contributed by atoms with Crippen LogP contribution in [0.25, 0.3) is 0 Å². The predicted molar refractivity (Wildman–Crippen MR) is 62.7 cm³/mol. The Hall–Kier alpha value is -0.130. The second-order valence-electron chi connectivity index (χ2n) is 3.07. The van der Waals surface area contributed by atoms with Crippen LogP contribution in [0.3, 0.4) is 0 Å². The topological polar surface area (TPSA) is 35.2 Å². The largest absolute Gasteiger partial charge is 0.383 e. The van der Waals surface area contributed by atoms with E-state index in [0.717, 1.165) is 5.56 Å². The molecule has 0 amide bonds. The molecule has 0 heterocycles. The van der Waals surface area contributed by atoms with Gasteiger partial charge in [0.1, 0.15) is 0 Å². The van der Waals surface area contributed by atoms with Gasteiger partial charge >= 0.3 is 0 Å². The molecule has 0 aliphatic rings. The lowest BCUT2D eigenvalue weighted by Gasteiger charge is -2.11. The van der Waals surface area contributed by atoms with E-state index in [9.17, 15) is 0 Å². The van der Waals surface area contributed by atoms with Crippen LogP contribution in [0, 0.1) is 10.5 Å². The lowest BCUT2D eigenvalue weighted by atomic mass is 10.1. The number of halogens is 1. The van der Waals surface area contributed by atoms with Crippen molar-refractivity contribution in [1.29, 1.82) is 0 Å². The maximum Gasteiger partial charge on any atom is 0.0655 e. The first kappa shape index (κ1) is 10.9. The number of benzene rings is 1. The van der Waals surface area contributed by atoms with Crippen molar-refractivity contribution in [2.24, 2.45) is 5.73 Å². The Morgan fingerprint density at radius 1 is 1.54 bits per heavy atom. The third kappa shape index (κ3) is 2.93. The van der Waals surface area contributed by atoms with E-state index in [-0.39, 0.29) is 6.04 Å². The van der Waals surface area contributed by atoms with E-state index in [2.05, 4.69) is 47.7 Å². The van der Waals surface area contributed by atoms with Crippen LogP contribution < -0.4 is 5.73 Å². The molecular weight excluding hydrogens is 277 g/mol. The molecule has 0 saturated heterocycles. The summed E-state index contributed by atoms with van der Waals surface area (Å²) < 4.78 is 6.27. The van der Waals surface area contributed by atoms with Gasteiger partial charge in [0, 0.05) is 10.7 Å². The number of ether oxygens (including phenoxy) is 1. The third-order valence-corrected chi connectivity index (χ3v) is 3.17. The number of hydrogen-bond donors (Lipinski definition) is 1. The van der Waals surface area contributed by atoms with E-state index in [1.165, 1.54) is 9.13 Å². The quantitative estimate of drug-likeness (QED) is 0.867. The van der Waals surface area contributed by atoms with Crippen molar-refractivity contribution in [1.82, 2.24) is 0 Å². The highest BCUT2D eigenvalue weighted by Gasteiger charge is 2.05. The highest BCUT2D eigenvalue weighted by molar-refractivity contribution is 14.1. The number of rotatable bonds is 3. The van der Waals surface area contributed by atoms with E-state index < -0.39 is 0 Å². The molecule has 1 aromatic rings. The molecule has 0 fully saturated rings. The van der Waals surface area contributed by atoms with Crippen LogP contribution in [0.2, 0.25) is 0 Å². The Labute approximate surface area is 92.6 Å². The summed E-state index contributed by atoms with van der Waals surface area (Å²) in [6.45, 7) is 2.66. The van der Waals surface area contributed by atoms with Crippen molar-refractivity contribution < 1.29 is 4.74 Å². The fourth-order valence-corrected chi connectivity index (χ4v) is 1.51. The van der Waals surface area contributed by atoms with Crippen LogP contribution in [0.1, 0.15) is 17.2 Å². The van der Waals surface area contributed by atoms with Gasteiger partial charge < -0.3 is 10.5 Å². The summed E-state index contributed by atoms with van der Waals surface area (Å²) in [5, 5.41) is 0. The molecule has 3 heteroatoms. The summed E-state index contributed by atoms with van der Waals surface area (Å²) in [6.07, 6.45) is 0. The van der Waals surface area contributed by atoms with E-state index in [0.29, 0.717) is 6.61 Å². The molecule has 1 rings (SSSR count). The maximum absolute atomic E-state index is 5.90. The molecular formula is C10H14INO. The molecule has 1 atom stereocenters. The lowest BCUT2D eigenvalue weighted by Crippen LogP contribution is -2.16. The second kappa shape index (κ2) is 4.93. The van der Waals surface area contributed by atoms with E-state index in [1.54, 1.807) is 7.11 Å². The molecule has 72 valence electrons. The SMILES string of the molecule is COCC(N)c1ccc(I)c(C)c1. The van der Waals surface area contributed by atoms with Crippen molar-refractivity contribution in [2.75, 3.05) is 13.7 Å². The summed E-state index contributed by atoms with van der Waals surface area (Å²) in [7, 11) is 1.67. The van der Waals surface area contributed by atoms with Gasteiger partial charge in [-0.2, -0.15) is 0 Å². The number of hydrogen-bond acceptors (Lipinski definition) is 2. The average molecular weight is 291 g/mol. The summed E-state index contributed by atoms with van der Waals surface area (Å²) in [5.41, 5.74) is 8.30. The highest BCUT2D eigenvalue weighted by atomic mass is 127. The zero-order chi connectivity index (χ0) is 9.84. The minimum Gasteiger partial charge on any atom is -0.383 e. The van der Waals surface area contributed by atoms with Gasteiger partial charge in [-0.1, -0.05) is 12.1 Å². The van der Waals surface area contributed by atoms with Crippen LogP contribution >= 0.6 is 22.6 Å². The molecule has 0 aliphatic heterocycles. The zero-order valence-corrected chi connectivity index (χ0v) is 10.0.